The molecule has 1 heteroatoms. The Balaban J connectivity index is 1.57. The molecule has 43 heavy (non-hydrogen) atoms. The third kappa shape index (κ3) is 3.58. The van der Waals surface area contributed by atoms with Crippen LogP contribution in [-0.2, 0) is 0 Å². The molecule has 1 nitrogen and oxygen atoms in total. The van der Waals surface area contributed by atoms with Crippen molar-refractivity contribution in [3.8, 4) is 33.4 Å². The summed E-state index contributed by atoms with van der Waals surface area (Å²) >= 11 is 0. The Bertz CT molecular complexity index is 3040. The lowest BCUT2D eigenvalue weighted by molar-refractivity contribution is 0.670. The van der Waals surface area contributed by atoms with Crippen LogP contribution in [0.5, 0.6) is 0 Å². The normalized spacial score (nSPS) is 15.3. The lowest BCUT2D eigenvalue weighted by Gasteiger charge is -2.20. The van der Waals surface area contributed by atoms with Crippen molar-refractivity contribution in [3.63, 3.8) is 0 Å². The monoisotopic (exact) mass is 557 g/mol. The number of rotatable bonds is 3. The van der Waals surface area contributed by atoms with E-state index in [0.29, 0.717) is 16.3 Å². The molecule has 1 heterocycles. The van der Waals surface area contributed by atoms with Crippen molar-refractivity contribution >= 4 is 54.3 Å². The second-order valence-electron chi connectivity index (χ2n) is 10.4. The first-order valence-electron chi connectivity index (χ1n) is 19.4. The van der Waals surface area contributed by atoms with Crippen LogP contribution in [0.1, 0.15) is 15.1 Å². The molecule has 9 aromatic rings. The van der Waals surface area contributed by atoms with Crippen LogP contribution in [0.25, 0.3) is 87.6 Å². The van der Waals surface area contributed by atoms with Gasteiger partial charge >= 0.3 is 0 Å². The quantitative estimate of drug-likeness (QED) is 0.197. The van der Waals surface area contributed by atoms with Crippen molar-refractivity contribution in [1.29, 1.82) is 0 Å². The zero-order chi connectivity index (χ0) is 37.9. The van der Waals surface area contributed by atoms with Gasteiger partial charge in [-0.2, -0.15) is 0 Å². The average molecular weight is 558 g/mol. The minimum absolute atomic E-state index is 0.0669. The maximum atomic E-state index is 9.73. The first kappa shape index (κ1) is 15.5. The second kappa shape index (κ2) is 9.44. The predicted molar refractivity (Wildman–Crippen MR) is 183 cm³/mol. The third-order valence-electron chi connectivity index (χ3n) is 8.11. The van der Waals surface area contributed by atoms with Gasteiger partial charge in [-0.3, -0.25) is 0 Å². The molecule has 0 aliphatic carbocycles. The number of fused-ring (bicyclic) bond motifs is 6. The van der Waals surface area contributed by atoms with Crippen LogP contribution in [-0.4, -0.2) is 0 Å². The van der Waals surface area contributed by atoms with E-state index < -0.39 is 60.4 Å². The van der Waals surface area contributed by atoms with E-state index in [1.54, 1.807) is 0 Å². The van der Waals surface area contributed by atoms with Crippen LogP contribution in [0, 0.1) is 0 Å². The molecule has 0 aliphatic heterocycles. The highest BCUT2D eigenvalue weighted by Crippen LogP contribution is 2.49. The van der Waals surface area contributed by atoms with Gasteiger partial charge in [-0.1, -0.05) is 145 Å². The van der Waals surface area contributed by atoms with E-state index in [0.717, 1.165) is 32.7 Å². The summed E-state index contributed by atoms with van der Waals surface area (Å²) in [7, 11) is 0. The predicted octanol–water partition coefficient (Wildman–Crippen LogP) is 12.0. The van der Waals surface area contributed by atoms with E-state index in [2.05, 4.69) is 12.1 Å². The molecule has 0 radical (unpaired) electrons. The first-order chi connectivity index (χ1) is 25.9. The largest absolute Gasteiger partial charge is 0.455 e. The molecule has 0 unspecified atom stereocenters. The van der Waals surface area contributed by atoms with Gasteiger partial charge in [-0.05, 0) is 72.2 Å². The van der Waals surface area contributed by atoms with Crippen molar-refractivity contribution < 1.29 is 19.5 Å². The van der Waals surface area contributed by atoms with E-state index in [1.807, 2.05) is 78.9 Å². The molecule has 0 amide bonds. The summed E-state index contributed by atoms with van der Waals surface area (Å²) in [6, 6.07) is 23.6. The maximum absolute atomic E-state index is 9.73. The highest BCUT2D eigenvalue weighted by Gasteiger charge is 2.22. The van der Waals surface area contributed by atoms with Gasteiger partial charge in [0.15, 0.2) is 0 Å². The lowest BCUT2D eigenvalue weighted by Crippen LogP contribution is -1.93. The molecule has 0 aliphatic rings. The molecule has 0 bridgehead atoms. The Kier molecular flexibility index (Phi) is 3.41. The van der Waals surface area contributed by atoms with Crippen LogP contribution in [0.2, 0.25) is 0 Å². The molecule has 9 rings (SSSR count). The molecule has 0 saturated heterocycles. The van der Waals surface area contributed by atoms with Gasteiger partial charge in [0, 0.05) is 16.3 Å². The van der Waals surface area contributed by atoms with Gasteiger partial charge in [0.2, 0.25) is 0 Å². The number of furan rings is 1. The van der Waals surface area contributed by atoms with Gasteiger partial charge in [0.1, 0.15) is 11.2 Å². The Morgan fingerprint density at radius 3 is 1.70 bits per heavy atom. The van der Waals surface area contributed by atoms with E-state index in [1.165, 1.54) is 0 Å². The van der Waals surface area contributed by atoms with E-state index >= 15 is 0 Å². The molecule has 0 fully saturated rings. The minimum Gasteiger partial charge on any atom is -0.455 e. The molecule has 0 atom stereocenters. The fraction of sp³-hybridized carbons (Fsp3) is 0. The van der Waals surface area contributed by atoms with Gasteiger partial charge in [-0.25, -0.2) is 0 Å². The zero-order valence-corrected chi connectivity index (χ0v) is 22.6. The van der Waals surface area contributed by atoms with Crippen LogP contribution in [0.4, 0.5) is 0 Å². The summed E-state index contributed by atoms with van der Waals surface area (Å²) in [5.41, 5.74) is 1.62. The Hall–Kier alpha value is -5.66. The number of para-hydroxylation sites is 1. The van der Waals surface area contributed by atoms with Gasteiger partial charge in [-0.15, -0.1) is 0 Å². The summed E-state index contributed by atoms with van der Waals surface area (Å²) in [6.45, 7) is 0. The summed E-state index contributed by atoms with van der Waals surface area (Å²) in [6.07, 6.45) is 0. The van der Waals surface area contributed by atoms with Crippen molar-refractivity contribution in [3.05, 3.63) is 157 Å². The fourth-order valence-electron chi connectivity index (χ4n) is 6.35. The smallest absolute Gasteiger partial charge is 0.143 e. The molecule has 200 valence electrons. The first-order valence-corrected chi connectivity index (χ1v) is 13.9. The maximum Gasteiger partial charge on any atom is 0.143 e. The summed E-state index contributed by atoms with van der Waals surface area (Å²) < 4.78 is 103. The summed E-state index contributed by atoms with van der Waals surface area (Å²) in [4.78, 5) is 0. The Labute approximate surface area is 264 Å². The Morgan fingerprint density at radius 1 is 0.395 bits per heavy atom. The highest BCUT2D eigenvalue weighted by atomic mass is 16.3. The van der Waals surface area contributed by atoms with Crippen molar-refractivity contribution in [2.45, 2.75) is 0 Å². The minimum atomic E-state index is -0.618. The summed E-state index contributed by atoms with van der Waals surface area (Å²) in [5, 5.41) is 4.79. The van der Waals surface area contributed by atoms with Gasteiger partial charge in [0.25, 0.3) is 0 Å². The van der Waals surface area contributed by atoms with Crippen molar-refractivity contribution in [1.82, 2.24) is 0 Å². The molecule has 0 saturated carbocycles. The fourth-order valence-corrected chi connectivity index (χ4v) is 6.35. The van der Waals surface area contributed by atoms with Crippen molar-refractivity contribution in [2.24, 2.45) is 0 Å². The van der Waals surface area contributed by atoms with Crippen molar-refractivity contribution in [2.75, 3.05) is 0 Å². The van der Waals surface area contributed by atoms with Crippen LogP contribution < -0.4 is 0 Å². The molecular weight excluding hydrogens is 520 g/mol. The van der Waals surface area contributed by atoms with Gasteiger partial charge in [0.05, 0.1) is 15.1 Å². The molecule has 8 aromatic carbocycles. The third-order valence-corrected chi connectivity index (χ3v) is 8.11. The summed E-state index contributed by atoms with van der Waals surface area (Å²) in [5.74, 6) is 0. The number of hydrogen-bond acceptors (Lipinski definition) is 1. The molecule has 0 spiro atoms. The average Bonchev–Trinajstić information content (AvgIpc) is 3.60. The van der Waals surface area contributed by atoms with E-state index in [9.17, 15) is 2.74 Å². The van der Waals surface area contributed by atoms with Crippen LogP contribution in [0.15, 0.2) is 162 Å². The van der Waals surface area contributed by atoms with E-state index in [-0.39, 0.29) is 44.7 Å². The topological polar surface area (TPSA) is 13.1 Å². The lowest BCUT2D eigenvalue weighted by atomic mass is 9.82. The standard InChI is InChI=1S/C42H26O/c1-2-14-28(15-3-1)39-37(26-25-36-30-18-10-11-24-38(30)43-42(36)39)41-34-21-8-6-19-32(34)40(33-20-7-9-22-35(33)41)31-23-12-16-27-13-4-5-17-29(27)31/h1-26H/i1D,2D,3D,10D,11D,14D,15D,18D,24D,25D,26D. The number of benzene rings is 8. The zero-order valence-electron chi connectivity index (χ0n) is 33.6. The second-order valence-corrected chi connectivity index (χ2v) is 10.4. The van der Waals surface area contributed by atoms with Crippen LogP contribution in [0.3, 0.4) is 0 Å². The van der Waals surface area contributed by atoms with Crippen LogP contribution >= 0.6 is 0 Å². The highest BCUT2D eigenvalue weighted by molar-refractivity contribution is 6.25. The van der Waals surface area contributed by atoms with E-state index in [4.69, 9.17) is 16.8 Å². The number of hydrogen-bond donors (Lipinski definition) is 0. The molecular formula is C42H26O. The molecule has 1 aromatic heterocycles. The Morgan fingerprint density at radius 2 is 0.977 bits per heavy atom. The van der Waals surface area contributed by atoms with Gasteiger partial charge < -0.3 is 4.42 Å². The molecule has 0 N–H and O–H groups in total. The SMILES string of the molecule is [2H]c1c([2H])c([2H])c(-c2c(-c3c4ccccc4c(-c4cccc5ccccc45)c4ccccc34)c([2H])c([2H])c3c2oc2c([2H])c([2H])c([2H])c([2H])c23)c([2H])c1[2H].